The van der Waals surface area contributed by atoms with Crippen molar-refractivity contribution in [3.63, 3.8) is 0 Å². The van der Waals surface area contributed by atoms with Crippen LogP contribution in [0.5, 0.6) is 0 Å². The van der Waals surface area contributed by atoms with Crippen LogP contribution in [0, 0.1) is 0 Å². The minimum absolute atomic E-state index is 0.365. The zero-order valence-electron chi connectivity index (χ0n) is 8.70. The van der Waals surface area contributed by atoms with E-state index in [9.17, 15) is 4.79 Å². The zero-order valence-corrected chi connectivity index (χ0v) is 8.70. The average Bonchev–Trinajstić information content (AvgIpc) is 2.71. The molecule has 2 rings (SSSR count). The van der Waals surface area contributed by atoms with Gasteiger partial charge in [-0.3, -0.25) is 4.79 Å². The molecule has 1 fully saturated rings. The highest BCUT2D eigenvalue weighted by molar-refractivity contribution is 5.98. The summed E-state index contributed by atoms with van der Waals surface area (Å²) in [4.78, 5) is 11.2. The summed E-state index contributed by atoms with van der Waals surface area (Å²) < 4.78 is 0. The Kier molecular flexibility index (Phi) is 2.90. The van der Waals surface area contributed by atoms with E-state index in [0.29, 0.717) is 11.6 Å². The molecule has 0 bridgehead atoms. The van der Waals surface area contributed by atoms with Crippen molar-refractivity contribution in [2.75, 3.05) is 5.32 Å². The summed E-state index contributed by atoms with van der Waals surface area (Å²) in [7, 11) is 0. The van der Waals surface area contributed by atoms with Crippen LogP contribution in [0.15, 0.2) is 24.3 Å². The molecule has 0 radical (unpaired) electrons. The molecular weight excluding hydrogens is 188 g/mol. The van der Waals surface area contributed by atoms with Gasteiger partial charge in [-0.1, -0.05) is 25.0 Å². The van der Waals surface area contributed by atoms with Crippen LogP contribution in [0.3, 0.4) is 0 Å². The zero-order chi connectivity index (χ0) is 10.7. The number of rotatable bonds is 3. The number of nitrogens with two attached hydrogens (primary N) is 1. The van der Waals surface area contributed by atoms with Gasteiger partial charge in [-0.15, -0.1) is 0 Å². The SMILES string of the molecule is NC(=O)c1ccccc1NC1CCCC1. The molecule has 15 heavy (non-hydrogen) atoms. The number of benzene rings is 1. The molecule has 0 spiro atoms. The van der Waals surface area contributed by atoms with Crippen LogP contribution in [0.2, 0.25) is 0 Å². The van der Waals surface area contributed by atoms with Crippen LogP contribution in [0.4, 0.5) is 5.69 Å². The molecule has 3 nitrogen and oxygen atoms in total. The highest BCUT2D eigenvalue weighted by atomic mass is 16.1. The van der Waals surface area contributed by atoms with E-state index < -0.39 is 0 Å². The smallest absolute Gasteiger partial charge is 0.250 e. The van der Waals surface area contributed by atoms with Crippen molar-refractivity contribution in [2.45, 2.75) is 31.7 Å². The normalized spacial score (nSPS) is 16.5. The number of hydrogen-bond donors (Lipinski definition) is 2. The lowest BCUT2D eigenvalue weighted by atomic mass is 10.1. The van der Waals surface area contributed by atoms with Crippen LogP contribution in [0.1, 0.15) is 36.0 Å². The van der Waals surface area contributed by atoms with Gasteiger partial charge in [0.05, 0.1) is 5.56 Å². The Morgan fingerprint density at radius 2 is 1.93 bits per heavy atom. The molecule has 0 saturated heterocycles. The molecule has 1 saturated carbocycles. The quantitative estimate of drug-likeness (QED) is 0.792. The number of carbonyl (C=O) groups excluding carboxylic acids is 1. The maximum atomic E-state index is 11.2. The third-order valence-corrected chi connectivity index (χ3v) is 2.91. The number of carbonyl (C=O) groups is 1. The predicted octanol–water partition coefficient (Wildman–Crippen LogP) is 2.14. The van der Waals surface area contributed by atoms with Gasteiger partial charge in [0.1, 0.15) is 0 Å². The number of nitrogens with one attached hydrogen (secondary N) is 1. The molecule has 1 amide bonds. The molecule has 0 atom stereocenters. The van der Waals surface area contributed by atoms with Crippen molar-refractivity contribution in [3.05, 3.63) is 29.8 Å². The Morgan fingerprint density at radius 3 is 2.60 bits per heavy atom. The fourth-order valence-corrected chi connectivity index (χ4v) is 2.11. The fourth-order valence-electron chi connectivity index (χ4n) is 2.11. The minimum atomic E-state index is -0.365. The summed E-state index contributed by atoms with van der Waals surface area (Å²) >= 11 is 0. The lowest BCUT2D eigenvalue weighted by Gasteiger charge is -2.15. The van der Waals surface area contributed by atoms with E-state index in [1.54, 1.807) is 6.07 Å². The Hall–Kier alpha value is -1.51. The Bertz CT molecular complexity index is 356. The number of primary amides is 1. The molecular formula is C12H16N2O. The first-order chi connectivity index (χ1) is 7.27. The van der Waals surface area contributed by atoms with Gasteiger partial charge in [0, 0.05) is 11.7 Å². The summed E-state index contributed by atoms with van der Waals surface area (Å²) in [6.07, 6.45) is 4.92. The third-order valence-electron chi connectivity index (χ3n) is 2.91. The average molecular weight is 204 g/mol. The summed E-state index contributed by atoms with van der Waals surface area (Å²) in [5, 5.41) is 3.39. The van der Waals surface area contributed by atoms with Gasteiger partial charge in [0.2, 0.25) is 0 Å². The Balaban J connectivity index is 2.15. The lowest BCUT2D eigenvalue weighted by Crippen LogP contribution is -2.19. The van der Waals surface area contributed by atoms with Gasteiger partial charge >= 0.3 is 0 Å². The molecule has 80 valence electrons. The molecule has 1 aliphatic carbocycles. The van der Waals surface area contributed by atoms with Crippen LogP contribution >= 0.6 is 0 Å². The van der Waals surface area contributed by atoms with Crippen LogP contribution < -0.4 is 11.1 Å². The van der Waals surface area contributed by atoms with Crippen molar-refractivity contribution in [2.24, 2.45) is 5.73 Å². The largest absolute Gasteiger partial charge is 0.382 e. The standard InChI is InChI=1S/C12H16N2O/c13-12(15)10-7-3-4-8-11(10)14-9-5-1-2-6-9/h3-4,7-9,14H,1-2,5-6H2,(H2,13,15). The van der Waals surface area contributed by atoms with Crippen molar-refractivity contribution < 1.29 is 4.79 Å². The van der Waals surface area contributed by atoms with Gasteiger partial charge in [-0.25, -0.2) is 0 Å². The van der Waals surface area contributed by atoms with E-state index >= 15 is 0 Å². The van der Waals surface area contributed by atoms with Crippen molar-refractivity contribution >= 4 is 11.6 Å². The van der Waals surface area contributed by atoms with Crippen LogP contribution in [-0.2, 0) is 0 Å². The molecule has 1 aromatic carbocycles. The maximum Gasteiger partial charge on any atom is 0.250 e. The molecule has 3 heteroatoms. The molecule has 0 aromatic heterocycles. The monoisotopic (exact) mass is 204 g/mol. The van der Waals surface area contributed by atoms with E-state index in [1.807, 2.05) is 18.2 Å². The van der Waals surface area contributed by atoms with Crippen LogP contribution in [-0.4, -0.2) is 11.9 Å². The second-order valence-corrected chi connectivity index (χ2v) is 4.04. The second kappa shape index (κ2) is 4.34. The first kappa shape index (κ1) is 10.0. The van der Waals surface area contributed by atoms with E-state index in [2.05, 4.69) is 5.32 Å². The van der Waals surface area contributed by atoms with E-state index in [-0.39, 0.29) is 5.91 Å². The minimum Gasteiger partial charge on any atom is -0.382 e. The number of amides is 1. The highest BCUT2D eigenvalue weighted by Gasteiger charge is 2.16. The number of para-hydroxylation sites is 1. The lowest BCUT2D eigenvalue weighted by molar-refractivity contribution is 0.100. The van der Waals surface area contributed by atoms with Crippen LogP contribution in [0.25, 0.3) is 0 Å². The predicted molar refractivity (Wildman–Crippen MR) is 60.8 cm³/mol. The third kappa shape index (κ3) is 2.29. The van der Waals surface area contributed by atoms with Gasteiger partial charge in [-0.05, 0) is 25.0 Å². The first-order valence-electron chi connectivity index (χ1n) is 5.43. The molecule has 0 unspecified atom stereocenters. The van der Waals surface area contributed by atoms with Crippen molar-refractivity contribution in [1.29, 1.82) is 0 Å². The number of hydrogen-bond acceptors (Lipinski definition) is 2. The van der Waals surface area contributed by atoms with Gasteiger partial charge in [0.15, 0.2) is 0 Å². The number of anilines is 1. The molecule has 1 aromatic rings. The van der Waals surface area contributed by atoms with Gasteiger partial charge < -0.3 is 11.1 Å². The van der Waals surface area contributed by atoms with Gasteiger partial charge in [-0.2, -0.15) is 0 Å². The molecule has 1 aliphatic rings. The second-order valence-electron chi connectivity index (χ2n) is 4.04. The fraction of sp³-hybridized carbons (Fsp3) is 0.417. The Morgan fingerprint density at radius 1 is 1.27 bits per heavy atom. The summed E-state index contributed by atoms with van der Waals surface area (Å²) in [6, 6.07) is 7.94. The van der Waals surface area contributed by atoms with E-state index in [4.69, 9.17) is 5.73 Å². The Labute approximate surface area is 89.7 Å². The summed E-state index contributed by atoms with van der Waals surface area (Å²) in [5.41, 5.74) is 6.77. The maximum absolute atomic E-state index is 11.2. The topological polar surface area (TPSA) is 55.1 Å². The van der Waals surface area contributed by atoms with E-state index in [1.165, 1.54) is 25.7 Å². The molecule has 0 heterocycles. The van der Waals surface area contributed by atoms with Crippen molar-refractivity contribution in [1.82, 2.24) is 0 Å². The van der Waals surface area contributed by atoms with Gasteiger partial charge in [0.25, 0.3) is 5.91 Å². The summed E-state index contributed by atoms with van der Waals surface area (Å²) in [5.74, 6) is -0.365. The molecule has 3 N–H and O–H groups in total. The summed E-state index contributed by atoms with van der Waals surface area (Å²) in [6.45, 7) is 0. The first-order valence-corrected chi connectivity index (χ1v) is 5.43. The molecule has 0 aliphatic heterocycles. The van der Waals surface area contributed by atoms with Crippen molar-refractivity contribution in [3.8, 4) is 0 Å². The highest BCUT2D eigenvalue weighted by Crippen LogP contribution is 2.24. The van der Waals surface area contributed by atoms with E-state index in [0.717, 1.165) is 5.69 Å².